The van der Waals surface area contributed by atoms with Gasteiger partial charge in [-0.05, 0) is 31.7 Å². The molecule has 0 unspecified atom stereocenters. The molecule has 5 heteroatoms. The molecule has 0 aliphatic carbocycles. The summed E-state index contributed by atoms with van der Waals surface area (Å²) >= 11 is 0. The van der Waals surface area contributed by atoms with Crippen LogP contribution in [-0.2, 0) is 4.79 Å². The van der Waals surface area contributed by atoms with Gasteiger partial charge in [0.05, 0.1) is 6.04 Å². The number of piperazine rings is 1. The van der Waals surface area contributed by atoms with Crippen molar-refractivity contribution in [2.24, 2.45) is 0 Å². The van der Waals surface area contributed by atoms with Gasteiger partial charge in [0, 0.05) is 37.7 Å². The summed E-state index contributed by atoms with van der Waals surface area (Å²) in [5.41, 5.74) is 1.76. The van der Waals surface area contributed by atoms with Crippen molar-refractivity contribution in [1.29, 1.82) is 0 Å². The van der Waals surface area contributed by atoms with E-state index in [0.29, 0.717) is 18.5 Å². The highest BCUT2D eigenvalue weighted by molar-refractivity contribution is 5.94. The Kier molecular flexibility index (Phi) is 6.24. The minimum atomic E-state index is -0.221. The second kappa shape index (κ2) is 8.82. The second-order valence-electron chi connectivity index (χ2n) is 7.22. The van der Waals surface area contributed by atoms with Crippen molar-refractivity contribution in [2.75, 3.05) is 26.7 Å². The average Bonchev–Trinajstić information content (AvgIpc) is 2.69. The Balaban J connectivity index is 1.64. The van der Waals surface area contributed by atoms with Crippen LogP contribution in [0, 0.1) is 0 Å². The predicted molar refractivity (Wildman–Crippen MR) is 106 cm³/mol. The molecule has 0 bridgehead atoms. The molecule has 0 saturated carbocycles. The summed E-state index contributed by atoms with van der Waals surface area (Å²) < 4.78 is 0. The summed E-state index contributed by atoms with van der Waals surface area (Å²) in [7, 11) is 2.08. The molecule has 2 atom stereocenters. The molecule has 1 heterocycles. The summed E-state index contributed by atoms with van der Waals surface area (Å²) in [6.07, 6.45) is 0.297. The van der Waals surface area contributed by atoms with Crippen molar-refractivity contribution in [2.45, 2.75) is 25.4 Å². The zero-order chi connectivity index (χ0) is 19.2. The van der Waals surface area contributed by atoms with Gasteiger partial charge >= 0.3 is 0 Å². The van der Waals surface area contributed by atoms with Crippen molar-refractivity contribution >= 4 is 11.8 Å². The zero-order valence-corrected chi connectivity index (χ0v) is 16.0. The van der Waals surface area contributed by atoms with Crippen LogP contribution in [0.2, 0.25) is 0 Å². The van der Waals surface area contributed by atoms with Crippen molar-refractivity contribution in [3.05, 3.63) is 71.8 Å². The van der Waals surface area contributed by atoms with Crippen molar-refractivity contribution < 1.29 is 9.59 Å². The number of amides is 2. The van der Waals surface area contributed by atoms with E-state index in [9.17, 15) is 9.59 Å². The van der Waals surface area contributed by atoms with Gasteiger partial charge in [0.2, 0.25) is 5.91 Å². The lowest BCUT2D eigenvalue weighted by Crippen LogP contribution is -2.50. The Hall–Kier alpha value is -2.66. The van der Waals surface area contributed by atoms with Crippen LogP contribution in [0.4, 0.5) is 0 Å². The lowest BCUT2D eigenvalue weighted by molar-refractivity contribution is -0.136. The molecular weight excluding hydrogens is 338 g/mol. The fourth-order valence-electron chi connectivity index (χ4n) is 3.51. The number of carbonyl (C=O) groups excluding carboxylic acids is 2. The van der Waals surface area contributed by atoms with Crippen LogP contribution in [0.5, 0.6) is 0 Å². The molecule has 142 valence electrons. The van der Waals surface area contributed by atoms with Crippen LogP contribution in [-0.4, -0.2) is 54.3 Å². The first-order chi connectivity index (χ1) is 13.0. The van der Waals surface area contributed by atoms with Gasteiger partial charge in [0.15, 0.2) is 0 Å². The Morgan fingerprint density at radius 1 is 1.04 bits per heavy atom. The first-order valence-electron chi connectivity index (χ1n) is 9.43. The first-order valence-corrected chi connectivity index (χ1v) is 9.43. The summed E-state index contributed by atoms with van der Waals surface area (Å²) in [5, 5.41) is 2.93. The third-order valence-electron chi connectivity index (χ3n) is 4.98. The fourth-order valence-corrected chi connectivity index (χ4v) is 3.51. The maximum absolute atomic E-state index is 13.0. The second-order valence-corrected chi connectivity index (χ2v) is 7.22. The van der Waals surface area contributed by atoms with Crippen LogP contribution in [0.15, 0.2) is 60.7 Å². The molecule has 5 nitrogen and oxygen atoms in total. The summed E-state index contributed by atoms with van der Waals surface area (Å²) in [6, 6.07) is 19.1. The van der Waals surface area contributed by atoms with Gasteiger partial charge < -0.3 is 15.1 Å². The number of rotatable bonds is 5. The largest absolute Gasteiger partial charge is 0.349 e. The normalized spacial score (nSPS) is 18.7. The Morgan fingerprint density at radius 2 is 1.67 bits per heavy atom. The van der Waals surface area contributed by atoms with Crippen LogP contribution in [0.25, 0.3) is 0 Å². The third-order valence-corrected chi connectivity index (χ3v) is 4.98. The van der Waals surface area contributed by atoms with E-state index in [1.165, 1.54) is 0 Å². The molecular formula is C22H27N3O2. The number of hydrogen-bond donors (Lipinski definition) is 1. The quantitative estimate of drug-likeness (QED) is 0.886. The van der Waals surface area contributed by atoms with Gasteiger partial charge in [-0.25, -0.2) is 0 Å². The van der Waals surface area contributed by atoms with Crippen molar-refractivity contribution in [3.63, 3.8) is 0 Å². The molecule has 1 saturated heterocycles. The van der Waals surface area contributed by atoms with Gasteiger partial charge in [0.25, 0.3) is 5.91 Å². The molecule has 27 heavy (non-hydrogen) atoms. The molecule has 0 aromatic heterocycles. The summed E-state index contributed by atoms with van der Waals surface area (Å²) in [5.74, 6) is -0.0632. The smallest absolute Gasteiger partial charge is 0.251 e. The molecule has 1 fully saturated rings. The van der Waals surface area contributed by atoms with E-state index < -0.39 is 0 Å². The molecule has 1 aliphatic heterocycles. The van der Waals surface area contributed by atoms with E-state index in [0.717, 1.165) is 18.7 Å². The zero-order valence-electron chi connectivity index (χ0n) is 16.0. The highest BCUT2D eigenvalue weighted by atomic mass is 16.2. The van der Waals surface area contributed by atoms with Gasteiger partial charge in [-0.15, -0.1) is 0 Å². The molecule has 0 radical (unpaired) electrons. The molecule has 3 rings (SSSR count). The molecule has 2 aromatic rings. The molecule has 0 spiro atoms. The lowest BCUT2D eigenvalue weighted by atomic mass is 10.0. The minimum absolute atomic E-state index is 0.0504. The van der Waals surface area contributed by atoms with E-state index in [1.54, 1.807) is 12.1 Å². The van der Waals surface area contributed by atoms with E-state index in [1.807, 2.05) is 48.2 Å². The van der Waals surface area contributed by atoms with Crippen molar-refractivity contribution in [3.8, 4) is 0 Å². The van der Waals surface area contributed by atoms with Gasteiger partial charge in [-0.1, -0.05) is 48.5 Å². The fraction of sp³-hybridized carbons (Fsp3) is 0.364. The number of carbonyl (C=O) groups is 2. The van der Waals surface area contributed by atoms with Crippen LogP contribution < -0.4 is 5.32 Å². The van der Waals surface area contributed by atoms with Crippen LogP contribution >= 0.6 is 0 Å². The minimum Gasteiger partial charge on any atom is -0.349 e. The Morgan fingerprint density at radius 3 is 2.33 bits per heavy atom. The Labute approximate surface area is 161 Å². The number of hydrogen-bond acceptors (Lipinski definition) is 3. The monoisotopic (exact) mass is 365 g/mol. The van der Waals surface area contributed by atoms with Crippen LogP contribution in [0.1, 0.15) is 35.3 Å². The number of nitrogens with one attached hydrogen (secondary N) is 1. The average molecular weight is 365 g/mol. The molecule has 2 amide bonds. The van der Waals surface area contributed by atoms with E-state index in [4.69, 9.17) is 0 Å². The topological polar surface area (TPSA) is 52.7 Å². The van der Waals surface area contributed by atoms with E-state index >= 15 is 0 Å². The maximum atomic E-state index is 13.0. The molecule has 2 aromatic carbocycles. The van der Waals surface area contributed by atoms with Gasteiger partial charge in [-0.3, -0.25) is 9.59 Å². The predicted octanol–water partition coefficient (Wildman–Crippen LogP) is 2.71. The Bertz CT molecular complexity index is 764. The standard InChI is InChI=1S/C22H27N3O2/c1-17(23-22(27)19-11-7-4-8-12-19)15-21(26)25-14-13-24(2)16-20(25)18-9-5-3-6-10-18/h3-12,17,20H,13-16H2,1-2H3,(H,23,27)/t17-,20+/m0/s1. The van der Waals surface area contributed by atoms with Gasteiger partial charge in [0.1, 0.15) is 0 Å². The number of likely N-dealkylation sites (N-methyl/N-ethyl adjacent to an activating group) is 1. The highest BCUT2D eigenvalue weighted by Gasteiger charge is 2.30. The van der Waals surface area contributed by atoms with Crippen LogP contribution in [0.3, 0.4) is 0 Å². The molecule has 1 aliphatic rings. The van der Waals surface area contributed by atoms with Gasteiger partial charge in [-0.2, -0.15) is 0 Å². The first kappa shape index (κ1) is 19.1. The SMILES string of the molecule is C[C@@H](CC(=O)N1CCN(C)C[C@@H]1c1ccccc1)NC(=O)c1ccccc1. The number of benzene rings is 2. The highest BCUT2D eigenvalue weighted by Crippen LogP contribution is 2.25. The maximum Gasteiger partial charge on any atom is 0.251 e. The molecule has 1 N–H and O–H groups in total. The lowest BCUT2D eigenvalue weighted by Gasteiger charge is -2.40. The third kappa shape index (κ3) is 4.95. The van der Waals surface area contributed by atoms with Crippen molar-refractivity contribution in [1.82, 2.24) is 15.1 Å². The number of nitrogens with zero attached hydrogens (tertiary/aromatic N) is 2. The van der Waals surface area contributed by atoms with E-state index in [2.05, 4.69) is 29.4 Å². The summed E-state index contributed by atoms with van der Waals surface area (Å²) in [6.45, 7) is 4.26. The summed E-state index contributed by atoms with van der Waals surface area (Å²) in [4.78, 5) is 29.5. The van der Waals surface area contributed by atoms with E-state index in [-0.39, 0.29) is 23.9 Å².